The summed E-state index contributed by atoms with van der Waals surface area (Å²) in [6.07, 6.45) is 0. The van der Waals surface area contributed by atoms with E-state index in [0.717, 1.165) is 11.4 Å². The first-order valence-electron chi connectivity index (χ1n) is 5.94. The summed E-state index contributed by atoms with van der Waals surface area (Å²) in [5.74, 6) is 0.721. The third-order valence-electron chi connectivity index (χ3n) is 2.84. The predicted octanol–water partition coefficient (Wildman–Crippen LogP) is 3.46. The summed E-state index contributed by atoms with van der Waals surface area (Å²) in [6.45, 7) is 0.398. The highest BCUT2D eigenvalue weighted by molar-refractivity contribution is 5.47. The van der Waals surface area contributed by atoms with Crippen LogP contribution in [0, 0.1) is 5.82 Å². The normalized spacial score (nSPS) is 10.1. The molecule has 1 N–H and O–H groups in total. The van der Waals surface area contributed by atoms with Crippen LogP contribution in [-0.2, 0) is 6.54 Å². The second-order valence-electron chi connectivity index (χ2n) is 4.02. The fourth-order valence-corrected chi connectivity index (χ4v) is 1.76. The SMILES string of the molecule is COc1ccc(NCc2cccc(OC)c2F)cc1. The van der Waals surface area contributed by atoms with Crippen LogP contribution in [0.1, 0.15) is 5.56 Å². The molecule has 0 fully saturated rings. The van der Waals surface area contributed by atoms with Gasteiger partial charge in [-0.05, 0) is 30.3 Å². The smallest absolute Gasteiger partial charge is 0.170 e. The van der Waals surface area contributed by atoms with Crippen molar-refractivity contribution in [1.29, 1.82) is 0 Å². The van der Waals surface area contributed by atoms with Crippen LogP contribution in [0.25, 0.3) is 0 Å². The summed E-state index contributed by atoms with van der Waals surface area (Å²) in [6, 6.07) is 12.6. The molecule has 0 amide bonds. The number of hydrogen-bond donors (Lipinski definition) is 1. The van der Waals surface area contributed by atoms with Gasteiger partial charge in [-0.3, -0.25) is 0 Å². The summed E-state index contributed by atoms with van der Waals surface area (Å²) >= 11 is 0. The molecule has 0 aliphatic rings. The number of ether oxygens (including phenoxy) is 2. The van der Waals surface area contributed by atoms with Crippen molar-refractivity contribution in [3.8, 4) is 11.5 Å². The van der Waals surface area contributed by atoms with Crippen LogP contribution in [0.3, 0.4) is 0 Å². The fraction of sp³-hybridized carbons (Fsp3) is 0.200. The molecule has 0 unspecified atom stereocenters. The van der Waals surface area contributed by atoms with Crippen molar-refractivity contribution < 1.29 is 13.9 Å². The second-order valence-corrected chi connectivity index (χ2v) is 4.02. The van der Waals surface area contributed by atoms with Crippen molar-refractivity contribution in [3.05, 3.63) is 53.8 Å². The maximum absolute atomic E-state index is 13.9. The van der Waals surface area contributed by atoms with Gasteiger partial charge in [-0.1, -0.05) is 12.1 Å². The second kappa shape index (κ2) is 6.09. The van der Waals surface area contributed by atoms with Crippen molar-refractivity contribution in [2.45, 2.75) is 6.54 Å². The Labute approximate surface area is 112 Å². The number of methoxy groups -OCH3 is 2. The van der Waals surface area contributed by atoms with Gasteiger partial charge in [0.1, 0.15) is 5.75 Å². The van der Waals surface area contributed by atoms with Gasteiger partial charge in [-0.2, -0.15) is 0 Å². The zero-order valence-corrected chi connectivity index (χ0v) is 10.9. The van der Waals surface area contributed by atoms with E-state index in [4.69, 9.17) is 9.47 Å². The molecule has 4 heteroatoms. The zero-order valence-electron chi connectivity index (χ0n) is 10.9. The third-order valence-corrected chi connectivity index (χ3v) is 2.84. The summed E-state index contributed by atoms with van der Waals surface area (Å²) in [4.78, 5) is 0. The molecular formula is C15H16FNO2. The summed E-state index contributed by atoms with van der Waals surface area (Å²) in [5.41, 5.74) is 1.47. The highest BCUT2D eigenvalue weighted by Crippen LogP contribution is 2.21. The lowest BCUT2D eigenvalue weighted by atomic mass is 10.2. The standard InChI is InChI=1S/C15H16FNO2/c1-18-13-8-6-12(7-9-13)17-10-11-4-3-5-14(19-2)15(11)16/h3-9,17H,10H2,1-2H3. The van der Waals surface area contributed by atoms with Gasteiger partial charge in [0.15, 0.2) is 11.6 Å². The number of benzene rings is 2. The highest BCUT2D eigenvalue weighted by Gasteiger charge is 2.07. The molecule has 19 heavy (non-hydrogen) atoms. The molecule has 0 heterocycles. The first kappa shape index (κ1) is 13.2. The zero-order chi connectivity index (χ0) is 13.7. The van der Waals surface area contributed by atoms with Crippen LogP contribution in [0.15, 0.2) is 42.5 Å². The van der Waals surface area contributed by atoms with Gasteiger partial charge in [0, 0.05) is 17.8 Å². The van der Waals surface area contributed by atoms with Crippen LogP contribution >= 0.6 is 0 Å². The van der Waals surface area contributed by atoms with E-state index in [0.29, 0.717) is 12.1 Å². The molecule has 0 saturated carbocycles. The minimum absolute atomic E-state index is 0.258. The Bertz CT molecular complexity index is 540. The minimum atomic E-state index is -0.328. The molecule has 2 rings (SSSR count). The Hall–Kier alpha value is -2.23. The lowest BCUT2D eigenvalue weighted by Gasteiger charge is -2.10. The van der Waals surface area contributed by atoms with E-state index in [1.807, 2.05) is 24.3 Å². The van der Waals surface area contributed by atoms with Crippen LogP contribution in [-0.4, -0.2) is 14.2 Å². The molecule has 0 aromatic heterocycles. The number of nitrogens with one attached hydrogen (secondary N) is 1. The molecular weight excluding hydrogens is 245 g/mol. The summed E-state index contributed by atoms with van der Waals surface area (Å²) in [5, 5.41) is 3.15. The minimum Gasteiger partial charge on any atom is -0.497 e. The van der Waals surface area contributed by atoms with Gasteiger partial charge in [0.25, 0.3) is 0 Å². The van der Waals surface area contributed by atoms with Crippen molar-refractivity contribution in [2.75, 3.05) is 19.5 Å². The van der Waals surface area contributed by atoms with E-state index in [2.05, 4.69) is 5.32 Å². The first-order chi connectivity index (χ1) is 9.24. The van der Waals surface area contributed by atoms with Gasteiger partial charge >= 0.3 is 0 Å². The highest BCUT2D eigenvalue weighted by atomic mass is 19.1. The molecule has 2 aromatic carbocycles. The lowest BCUT2D eigenvalue weighted by Crippen LogP contribution is -2.03. The van der Waals surface area contributed by atoms with Gasteiger partial charge in [-0.25, -0.2) is 4.39 Å². The van der Waals surface area contributed by atoms with E-state index >= 15 is 0 Å². The Morgan fingerprint density at radius 1 is 1.00 bits per heavy atom. The third kappa shape index (κ3) is 3.16. The van der Waals surface area contributed by atoms with Gasteiger partial charge in [0.2, 0.25) is 0 Å². The van der Waals surface area contributed by atoms with Gasteiger partial charge in [0.05, 0.1) is 14.2 Å². The van der Waals surface area contributed by atoms with Crippen molar-refractivity contribution in [2.24, 2.45) is 0 Å². The molecule has 2 aromatic rings. The topological polar surface area (TPSA) is 30.5 Å². The largest absolute Gasteiger partial charge is 0.497 e. The number of anilines is 1. The van der Waals surface area contributed by atoms with Crippen LogP contribution in [0.5, 0.6) is 11.5 Å². The van der Waals surface area contributed by atoms with Gasteiger partial charge in [-0.15, -0.1) is 0 Å². The first-order valence-corrected chi connectivity index (χ1v) is 5.94. The predicted molar refractivity (Wildman–Crippen MR) is 73.3 cm³/mol. The molecule has 100 valence electrons. The van der Waals surface area contributed by atoms with Crippen molar-refractivity contribution in [3.63, 3.8) is 0 Å². The Morgan fingerprint density at radius 2 is 1.74 bits per heavy atom. The van der Waals surface area contributed by atoms with Crippen LogP contribution in [0.2, 0.25) is 0 Å². The van der Waals surface area contributed by atoms with Crippen LogP contribution in [0.4, 0.5) is 10.1 Å². The van der Waals surface area contributed by atoms with Crippen molar-refractivity contribution in [1.82, 2.24) is 0 Å². The fourth-order valence-electron chi connectivity index (χ4n) is 1.76. The van der Waals surface area contributed by atoms with Crippen LogP contribution < -0.4 is 14.8 Å². The number of hydrogen-bond acceptors (Lipinski definition) is 3. The maximum Gasteiger partial charge on any atom is 0.170 e. The average Bonchev–Trinajstić information content (AvgIpc) is 2.47. The molecule has 0 aliphatic carbocycles. The molecule has 0 atom stereocenters. The number of rotatable bonds is 5. The lowest BCUT2D eigenvalue weighted by molar-refractivity contribution is 0.384. The van der Waals surface area contributed by atoms with E-state index in [9.17, 15) is 4.39 Å². The summed E-state index contributed by atoms with van der Waals surface area (Å²) in [7, 11) is 3.08. The molecule has 0 saturated heterocycles. The maximum atomic E-state index is 13.9. The molecule has 0 radical (unpaired) electrons. The molecule has 0 spiro atoms. The quantitative estimate of drug-likeness (QED) is 0.894. The Morgan fingerprint density at radius 3 is 2.37 bits per heavy atom. The van der Waals surface area contributed by atoms with E-state index in [1.54, 1.807) is 25.3 Å². The average molecular weight is 261 g/mol. The van der Waals surface area contributed by atoms with E-state index in [1.165, 1.54) is 7.11 Å². The Kier molecular flexibility index (Phi) is 4.23. The van der Waals surface area contributed by atoms with E-state index in [-0.39, 0.29) is 11.6 Å². The van der Waals surface area contributed by atoms with Gasteiger partial charge < -0.3 is 14.8 Å². The Balaban J connectivity index is 2.05. The molecule has 3 nitrogen and oxygen atoms in total. The number of halogens is 1. The molecule has 0 bridgehead atoms. The van der Waals surface area contributed by atoms with E-state index < -0.39 is 0 Å². The monoisotopic (exact) mass is 261 g/mol. The molecule has 0 aliphatic heterocycles. The summed E-state index contributed by atoms with van der Waals surface area (Å²) < 4.78 is 23.9. The van der Waals surface area contributed by atoms with Crippen molar-refractivity contribution >= 4 is 5.69 Å².